The lowest BCUT2D eigenvalue weighted by Gasteiger charge is -2.23. The molecule has 3 aromatic rings. The fourth-order valence-electron chi connectivity index (χ4n) is 3.34. The molecule has 0 radical (unpaired) electrons. The van der Waals surface area contributed by atoms with Crippen LogP contribution in [0.1, 0.15) is 30.3 Å². The van der Waals surface area contributed by atoms with Crippen molar-refractivity contribution in [3.05, 3.63) is 80.5 Å². The van der Waals surface area contributed by atoms with Gasteiger partial charge in [-0.3, -0.25) is 9.36 Å². The second-order valence-corrected chi connectivity index (χ2v) is 9.92. The second-order valence-electron chi connectivity index (χ2n) is 6.64. The molecule has 0 saturated heterocycles. The van der Waals surface area contributed by atoms with Gasteiger partial charge in [-0.05, 0) is 59.4 Å². The van der Waals surface area contributed by atoms with Crippen LogP contribution in [0.3, 0.4) is 0 Å². The van der Waals surface area contributed by atoms with E-state index in [0.717, 1.165) is 4.88 Å². The van der Waals surface area contributed by atoms with Crippen molar-refractivity contribution < 1.29 is 14.6 Å². The molecule has 10 heteroatoms. The van der Waals surface area contributed by atoms with Crippen LogP contribution in [0.4, 0.5) is 0 Å². The van der Waals surface area contributed by atoms with Crippen LogP contribution in [-0.2, 0) is 9.53 Å². The van der Waals surface area contributed by atoms with Crippen molar-refractivity contribution in [3.8, 4) is 5.75 Å². The van der Waals surface area contributed by atoms with Crippen molar-refractivity contribution in [1.29, 1.82) is 0 Å². The van der Waals surface area contributed by atoms with E-state index in [1.807, 2.05) is 17.5 Å². The lowest BCUT2D eigenvalue weighted by atomic mass is 10.0. The highest BCUT2D eigenvalue weighted by atomic mass is 79.9. The van der Waals surface area contributed by atoms with Gasteiger partial charge in [-0.25, -0.2) is 9.79 Å². The maximum Gasteiger partial charge on any atom is 0.338 e. The maximum absolute atomic E-state index is 13.4. The minimum atomic E-state index is -0.628. The molecule has 1 N–H and O–H groups in total. The fourth-order valence-corrected chi connectivity index (χ4v) is 6.04. The summed E-state index contributed by atoms with van der Waals surface area (Å²) < 4.78 is 7.56. The Hall–Kier alpha value is -2.20. The molecule has 160 valence electrons. The van der Waals surface area contributed by atoms with E-state index in [-0.39, 0.29) is 17.9 Å². The van der Waals surface area contributed by atoms with Crippen LogP contribution < -0.4 is 14.9 Å². The van der Waals surface area contributed by atoms with Crippen LogP contribution in [0.15, 0.2) is 55.2 Å². The fraction of sp³-hybridized carbons (Fsp3) is 0.190. The second kappa shape index (κ2) is 8.74. The molecule has 0 amide bonds. The Kier molecular flexibility index (Phi) is 6.20. The van der Waals surface area contributed by atoms with Gasteiger partial charge in [0.15, 0.2) is 4.80 Å². The molecule has 31 heavy (non-hydrogen) atoms. The maximum atomic E-state index is 13.4. The van der Waals surface area contributed by atoms with E-state index in [1.165, 1.54) is 27.2 Å². The number of thiophene rings is 1. The normalized spacial score (nSPS) is 16.3. The van der Waals surface area contributed by atoms with Crippen molar-refractivity contribution in [1.82, 2.24) is 4.57 Å². The van der Waals surface area contributed by atoms with Gasteiger partial charge in [0.1, 0.15) is 11.8 Å². The molecule has 3 heterocycles. The monoisotopic (exact) mass is 538 g/mol. The van der Waals surface area contributed by atoms with Crippen molar-refractivity contribution in [3.63, 3.8) is 0 Å². The van der Waals surface area contributed by atoms with Gasteiger partial charge in [0.05, 0.1) is 26.9 Å². The Balaban J connectivity index is 1.97. The molecule has 6 nitrogen and oxygen atoms in total. The highest BCUT2D eigenvalue weighted by Gasteiger charge is 2.33. The number of phenolic OH excluding ortho intramolecular Hbond substituents is 1. The molecule has 1 aromatic carbocycles. The SMILES string of the molecule is CCOC(=O)C1=C(C)N=c2s/c(=C\c3cc(Cl)cc(Br)c3O)c(=O)n2[C@@H]1c1cccs1. The number of rotatable bonds is 4. The van der Waals surface area contributed by atoms with E-state index in [1.54, 1.807) is 32.1 Å². The summed E-state index contributed by atoms with van der Waals surface area (Å²) in [6.45, 7) is 3.70. The summed E-state index contributed by atoms with van der Waals surface area (Å²) in [4.78, 5) is 32.0. The molecular formula is C21H16BrClN2O4S2. The Bertz CT molecular complexity index is 1390. The van der Waals surface area contributed by atoms with Crippen molar-refractivity contribution >= 4 is 62.2 Å². The molecular weight excluding hydrogens is 524 g/mol. The third-order valence-electron chi connectivity index (χ3n) is 4.67. The number of halogens is 2. The lowest BCUT2D eigenvalue weighted by molar-refractivity contribution is -0.139. The summed E-state index contributed by atoms with van der Waals surface area (Å²) in [6, 6.07) is 6.27. The summed E-state index contributed by atoms with van der Waals surface area (Å²) in [5, 5.41) is 12.7. The van der Waals surface area contributed by atoms with E-state index in [4.69, 9.17) is 16.3 Å². The first kappa shape index (κ1) is 22.0. The molecule has 1 atom stereocenters. The molecule has 0 unspecified atom stereocenters. The third-order valence-corrected chi connectivity index (χ3v) is 7.40. The van der Waals surface area contributed by atoms with E-state index in [0.29, 0.717) is 35.7 Å². The average molecular weight is 540 g/mol. The number of hydrogen-bond acceptors (Lipinski definition) is 7. The number of carbonyl (C=O) groups is 1. The Morgan fingerprint density at radius 2 is 2.23 bits per heavy atom. The number of nitrogens with zero attached hydrogens (tertiary/aromatic N) is 2. The minimum Gasteiger partial charge on any atom is -0.506 e. The number of thiazole rings is 1. The van der Waals surface area contributed by atoms with Gasteiger partial charge in [-0.2, -0.15) is 0 Å². The predicted molar refractivity (Wildman–Crippen MR) is 126 cm³/mol. The Morgan fingerprint density at radius 1 is 1.45 bits per heavy atom. The molecule has 2 aromatic heterocycles. The van der Waals surface area contributed by atoms with Crippen LogP contribution in [0.2, 0.25) is 5.02 Å². The highest BCUT2D eigenvalue weighted by Crippen LogP contribution is 2.34. The van der Waals surface area contributed by atoms with E-state index >= 15 is 0 Å². The predicted octanol–water partition coefficient (Wildman–Crippen LogP) is 3.98. The standard InChI is InChI=1S/C21H16BrClN2O4S2/c1-3-29-20(28)16-10(2)24-21-25(17(16)14-5-4-6-30-14)19(27)15(31-21)8-11-7-12(23)9-13(22)18(11)26/h4-9,17,26H,3H2,1-2H3/b15-8-/t17-/m1/s1. The average Bonchev–Trinajstić information content (AvgIpc) is 3.34. The first-order chi connectivity index (χ1) is 14.8. The molecule has 1 aliphatic heterocycles. The van der Waals surface area contributed by atoms with Crippen LogP contribution in [-0.4, -0.2) is 22.2 Å². The lowest BCUT2D eigenvalue weighted by Crippen LogP contribution is -2.39. The number of allylic oxidation sites excluding steroid dienone is 1. The topological polar surface area (TPSA) is 80.9 Å². The van der Waals surface area contributed by atoms with Gasteiger partial charge in [-0.1, -0.05) is 29.0 Å². The van der Waals surface area contributed by atoms with Crippen molar-refractivity contribution in [2.45, 2.75) is 19.9 Å². The first-order valence-corrected chi connectivity index (χ1v) is 12.1. The number of benzene rings is 1. The van der Waals surface area contributed by atoms with Gasteiger partial charge < -0.3 is 9.84 Å². The van der Waals surface area contributed by atoms with Crippen LogP contribution in [0.25, 0.3) is 6.08 Å². The van der Waals surface area contributed by atoms with Gasteiger partial charge in [0.25, 0.3) is 5.56 Å². The van der Waals surface area contributed by atoms with Crippen LogP contribution in [0.5, 0.6) is 5.75 Å². The number of esters is 1. The van der Waals surface area contributed by atoms with Gasteiger partial charge >= 0.3 is 5.97 Å². The zero-order valence-corrected chi connectivity index (χ0v) is 20.4. The number of hydrogen-bond donors (Lipinski definition) is 1. The number of aromatic hydroxyl groups is 1. The number of phenols is 1. The quantitative estimate of drug-likeness (QED) is 0.509. The number of aromatic nitrogens is 1. The van der Waals surface area contributed by atoms with Crippen LogP contribution >= 0.6 is 50.2 Å². The summed E-state index contributed by atoms with van der Waals surface area (Å²) in [5.41, 5.74) is 0.945. The summed E-state index contributed by atoms with van der Waals surface area (Å²) in [5.74, 6) is -0.513. The molecule has 0 aliphatic carbocycles. The van der Waals surface area contributed by atoms with E-state index < -0.39 is 12.0 Å². The zero-order chi connectivity index (χ0) is 22.3. The Morgan fingerprint density at radius 3 is 2.90 bits per heavy atom. The van der Waals surface area contributed by atoms with Crippen molar-refractivity contribution in [2.24, 2.45) is 4.99 Å². The molecule has 0 saturated carbocycles. The summed E-state index contributed by atoms with van der Waals surface area (Å²) >= 11 is 12.0. The smallest absolute Gasteiger partial charge is 0.338 e. The van der Waals surface area contributed by atoms with E-state index in [9.17, 15) is 14.7 Å². The number of carbonyl (C=O) groups excluding carboxylic acids is 1. The molecule has 4 rings (SSSR count). The number of ether oxygens (including phenoxy) is 1. The largest absolute Gasteiger partial charge is 0.506 e. The molecule has 0 bridgehead atoms. The first-order valence-electron chi connectivity index (χ1n) is 9.23. The van der Waals surface area contributed by atoms with Crippen molar-refractivity contribution in [2.75, 3.05) is 6.61 Å². The third kappa shape index (κ3) is 4.03. The van der Waals surface area contributed by atoms with Gasteiger partial charge in [-0.15, -0.1) is 11.3 Å². The zero-order valence-electron chi connectivity index (χ0n) is 16.4. The molecule has 1 aliphatic rings. The molecule has 0 spiro atoms. The Labute approximate surface area is 198 Å². The van der Waals surface area contributed by atoms with Gasteiger partial charge in [0.2, 0.25) is 0 Å². The minimum absolute atomic E-state index is 0.0200. The van der Waals surface area contributed by atoms with Crippen LogP contribution in [0, 0.1) is 0 Å². The highest BCUT2D eigenvalue weighted by molar-refractivity contribution is 9.10. The van der Waals surface area contributed by atoms with E-state index in [2.05, 4.69) is 20.9 Å². The summed E-state index contributed by atoms with van der Waals surface area (Å²) in [6.07, 6.45) is 1.57. The summed E-state index contributed by atoms with van der Waals surface area (Å²) in [7, 11) is 0. The molecule has 0 fully saturated rings. The van der Waals surface area contributed by atoms with Gasteiger partial charge in [0, 0.05) is 15.5 Å². The number of fused-ring (bicyclic) bond motifs is 1.